The Hall–Kier alpha value is -1.60. The normalized spacial score (nSPS) is 22.0. The van der Waals surface area contributed by atoms with Gasteiger partial charge < -0.3 is 19.4 Å². The van der Waals surface area contributed by atoms with Crippen LogP contribution in [0.25, 0.3) is 0 Å². The van der Waals surface area contributed by atoms with Crippen LogP contribution >= 0.6 is 0 Å². The number of nitrogens with one attached hydrogen (secondary N) is 1. The van der Waals surface area contributed by atoms with Crippen molar-refractivity contribution in [2.24, 2.45) is 0 Å². The standard InChI is InChI=1S/C16H23BN2O4/c1-15(2)16(3,4)23-17(22-15)11-9-19-12(14(20)18-5)8-13(11)21-10-6-7-10/h8-10H,6-7H2,1-5H3,(H,18,20). The second-order valence-corrected chi connectivity index (χ2v) is 7.09. The van der Waals surface area contributed by atoms with Gasteiger partial charge in [0.15, 0.2) is 0 Å². The van der Waals surface area contributed by atoms with Crippen molar-refractivity contribution in [2.75, 3.05) is 7.05 Å². The summed E-state index contributed by atoms with van der Waals surface area (Å²) in [6, 6.07) is 1.66. The van der Waals surface area contributed by atoms with Crippen LogP contribution in [0.15, 0.2) is 12.3 Å². The third kappa shape index (κ3) is 3.08. The van der Waals surface area contributed by atoms with Gasteiger partial charge in [0.2, 0.25) is 0 Å². The Morgan fingerprint density at radius 1 is 1.30 bits per heavy atom. The van der Waals surface area contributed by atoms with Gasteiger partial charge in [0.25, 0.3) is 5.91 Å². The van der Waals surface area contributed by atoms with Crippen LogP contribution in [0.4, 0.5) is 0 Å². The molecule has 124 valence electrons. The molecular weight excluding hydrogens is 295 g/mol. The number of rotatable bonds is 4. The maximum atomic E-state index is 11.8. The monoisotopic (exact) mass is 318 g/mol. The molecule has 23 heavy (non-hydrogen) atoms. The summed E-state index contributed by atoms with van der Waals surface area (Å²) in [7, 11) is 1.02. The van der Waals surface area contributed by atoms with Gasteiger partial charge in [-0.1, -0.05) is 0 Å². The minimum absolute atomic E-state index is 0.205. The van der Waals surface area contributed by atoms with E-state index in [4.69, 9.17) is 14.0 Å². The highest BCUT2D eigenvalue weighted by Crippen LogP contribution is 2.37. The van der Waals surface area contributed by atoms with Gasteiger partial charge in [-0.2, -0.15) is 0 Å². The summed E-state index contributed by atoms with van der Waals surface area (Å²) in [5, 5.41) is 2.57. The zero-order chi connectivity index (χ0) is 16.8. The van der Waals surface area contributed by atoms with Gasteiger partial charge >= 0.3 is 7.12 Å². The fourth-order valence-electron chi connectivity index (χ4n) is 2.31. The summed E-state index contributed by atoms with van der Waals surface area (Å²) in [4.78, 5) is 16.0. The minimum Gasteiger partial charge on any atom is -0.491 e. The lowest BCUT2D eigenvalue weighted by atomic mass is 9.79. The van der Waals surface area contributed by atoms with E-state index < -0.39 is 18.3 Å². The van der Waals surface area contributed by atoms with Crippen molar-refractivity contribution < 1.29 is 18.8 Å². The Morgan fingerprint density at radius 3 is 2.43 bits per heavy atom. The molecule has 1 aliphatic heterocycles. The number of pyridine rings is 1. The highest BCUT2D eigenvalue weighted by atomic mass is 16.7. The first-order valence-corrected chi connectivity index (χ1v) is 7.98. The van der Waals surface area contributed by atoms with Gasteiger partial charge in [0.1, 0.15) is 11.4 Å². The number of hydrogen-bond donors (Lipinski definition) is 1. The minimum atomic E-state index is -0.556. The van der Waals surface area contributed by atoms with E-state index in [9.17, 15) is 4.79 Å². The second-order valence-electron chi connectivity index (χ2n) is 7.09. The van der Waals surface area contributed by atoms with Crippen LogP contribution < -0.4 is 15.5 Å². The van der Waals surface area contributed by atoms with Crippen molar-refractivity contribution in [2.45, 2.75) is 57.8 Å². The molecule has 2 aliphatic rings. The van der Waals surface area contributed by atoms with E-state index in [1.54, 1.807) is 19.3 Å². The van der Waals surface area contributed by atoms with Gasteiger partial charge in [0.05, 0.1) is 17.3 Å². The molecule has 2 fully saturated rings. The topological polar surface area (TPSA) is 69.7 Å². The summed E-state index contributed by atoms with van der Waals surface area (Å²) in [5.41, 5.74) is 0.175. The molecule has 1 saturated heterocycles. The molecule has 0 unspecified atom stereocenters. The van der Waals surface area contributed by atoms with E-state index in [-0.39, 0.29) is 12.0 Å². The van der Waals surface area contributed by atoms with Crippen LogP contribution in [0.2, 0.25) is 0 Å². The van der Waals surface area contributed by atoms with Gasteiger partial charge in [-0.3, -0.25) is 9.78 Å². The van der Waals surface area contributed by atoms with Gasteiger partial charge in [0, 0.05) is 24.8 Å². The largest absolute Gasteiger partial charge is 0.500 e. The Bertz CT molecular complexity index is 613. The molecule has 0 aromatic carbocycles. The molecule has 0 spiro atoms. The zero-order valence-corrected chi connectivity index (χ0v) is 14.3. The smallest absolute Gasteiger partial charge is 0.491 e. The van der Waals surface area contributed by atoms with Crippen LogP contribution in [0, 0.1) is 0 Å². The number of amides is 1. The molecule has 3 rings (SSSR count). The fourth-order valence-corrected chi connectivity index (χ4v) is 2.31. The Balaban J connectivity index is 1.93. The Kier molecular flexibility index (Phi) is 3.88. The molecule has 1 aromatic heterocycles. The van der Waals surface area contributed by atoms with E-state index in [2.05, 4.69) is 10.3 Å². The first kappa shape index (κ1) is 16.3. The molecular formula is C16H23BN2O4. The third-order valence-electron chi connectivity index (χ3n) is 4.68. The molecule has 1 N–H and O–H groups in total. The predicted molar refractivity (Wildman–Crippen MR) is 87.0 cm³/mol. The van der Waals surface area contributed by atoms with Crippen molar-refractivity contribution in [3.8, 4) is 5.75 Å². The van der Waals surface area contributed by atoms with Crippen LogP contribution in [0.1, 0.15) is 51.0 Å². The maximum Gasteiger partial charge on any atom is 0.500 e. The highest BCUT2D eigenvalue weighted by Gasteiger charge is 2.52. The van der Waals surface area contributed by atoms with E-state index in [0.717, 1.165) is 18.3 Å². The van der Waals surface area contributed by atoms with E-state index in [1.165, 1.54) is 0 Å². The van der Waals surface area contributed by atoms with Gasteiger partial charge in [-0.05, 0) is 40.5 Å². The Labute approximate surface area is 137 Å². The average molecular weight is 318 g/mol. The number of aromatic nitrogens is 1. The van der Waals surface area contributed by atoms with Crippen molar-refractivity contribution in [1.82, 2.24) is 10.3 Å². The van der Waals surface area contributed by atoms with Crippen LogP contribution in [0.5, 0.6) is 5.75 Å². The molecule has 1 amide bonds. The number of nitrogens with zero attached hydrogens (tertiary/aromatic N) is 1. The Morgan fingerprint density at radius 2 is 1.91 bits per heavy atom. The van der Waals surface area contributed by atoms with Crippen molar-refractivity contribution in [3.05, 3.63) is 18.0 Å². The number of ether oxygens (including phenoxy) is 1. The average Bonchev–Trinajstić information content (AvgIpc) is 3.25. The maximum absolute atomic E-state index is 11.8. The molecule has 0 atom stereocenters. The van der Waals surface area contributed by atoms with E-state index >= 15 is 0 Å². The van der Waals surface area contributed by atoms with Crippen LogP contribution in [-0.2, 0) is 9.31 Å². The highest BCUT2D eigenvalue weighted by molar-refractivity contribution is 6.63. The summed E-state index contributed by atoms with van der Waals surface area (Å²) >= 11 is 0. The van der Waals surface area contributed by atoms with Crippen molar-refractivity contribution in [3.63, 3.8) is 0 Å². The lowest BCUT2D eigenvalue weighted by molar-refractivity contribution is 0.00578. The van der Waals surface area contributed by atoms with Crippen molar-refractivity contribution >= 4 is 18.5 Å². The van der Waals surface area contributed by atoms with Crippen LogP contribution in [-0.4, -0.2) is 42.4 Å². The SMILES string of the molecule is CNC(=O)c1cc(OC2CC2)c(B2OC(C)(C)C(C)(C)O2)cn1. The molecule has 2 heterocycles. The first-order valence-electron chi connectivity index (χ1n) is 7.98. The van der Waals surface area contributed by atoms with E-state index in [0.29, 0.717) is 11.4 Å². The molecule has 1 aromatic rings. The lowest BCUT2D eigenvalue weighted by Crippen LogP contribution is -2.41. The third-order valence-corrected chi connectivity index (χ3v) is 4.68. The predicted octanol–water partition coefficient (Wildman–Crippen LogP) is 1.28. The second kappa shape index (κ2) is 5.49. The molecule has 6 nitrogen and oxygen atoms in total. The quantitative estimate of drug-likeness (QED) is 0.847. The molecule has 1 saturated carbocycles. The summed E-state index contributed by atoms with van der Waals surface area (Å²) in [6.45, 7) is 8.00. The summed E-state index contributed by atoms with van der Waals surface area (Å²) in [5.74, 6) is 0.366. The summed E-state index contributed by atoms with van der Waals surface area (Å²) in [6.07, 6.45) is 3.88. The number of carbonyl (C=O) groups is 1. The zero-order valence-electron chi connectivity index (χ0n) is 14.3. The number of carbonyl (C=O) groups excluding carboxylic acids is 1. The number of hydrogen-bond acceptors (Lipinski definition) is 5. The van der Waals surface area contributed by atoms with E-state index in [1.807, 2.05) is 27.7 Å². The molecule has 0 radical (unpaired) electrons. The molecule has 0 bridgehead atoms. The summed E-state index contributed by atoms with van der Waals surface area (Å²) < 4.78 is 18.1. The van der Waals surface area contributed by atoms with Crippen molar-refractivity contribution in [1.29, 1.82) is 0 Å². The fraction of sp³-hybridized carbons (Fsp3) is 0.625. The molecule has 1 aliphatic carbocycles. The van der Waals surface area contributed by atoms with Gasteiger partial charge in [-0.15, -0.1) is 0 Å². The first-order chi connectivity index (χ1) is 10.7. The molecule has 7 heteroatoms. The van der Waals surface area contributed by atoms with Crippen LogP contribution in [0.3, 0.4) is 0 Å². The van der Waals surface area contributed by atoms with Gasteiger partial charge in [-0.25, -0.2) is 0 Å². The lowest BCUT2D eigenvalue weighted by Gasteiger charge is -2.32.